The van der Waals surface area contributed by atoms with Crippen LogP contribution in [0.1, 0.15) is 37.0 Å². The number of carbonyl (C=O) groups is 1. The van der Waals surface area contributed by atoms with E-state index >= 15 is 0 Å². The molecule has 1 aromatic rings. The van der Waals surface area contributed by atoms with Crippen LogP contribution >= 0.6 is 11.8 Å². The highest BCUT2D eigenvalue weighted by atomic mass is 32.2. The van der Waals surface area contributed by atoms with Crippen LogP contribution in [-0.2, 0) is 0 Å². The van der Waals surface area contributed by atoms with Gasteiger partial charge in [0.05, 0.1) is 0 Å². The Morgan fingerprint density at radius 1 is 1.35 bits per heavy atom. The first kappa shape index (κ1) is 12.7. The molecule has 0 aromatic heterocycles. The summed E-state index contributed by atoms with van der Waals surface area (Å²) in [7, 11) is 0. The number of nitrogens with two attached hydrogens (primary N) is 1. The zero-order valence-corrected chi connectivity index (χ0v) is 11.2. The van der Waals surface area contributed by atoms with Gasteiger partial charge in [-0.05, 0) is 25.0 Å². The van der Waals surface area contributed by atoms with E-state index in [0.717, 1.165) is 18.4 Å². The average Bonchev–Trinajstić information content (AvgIpc) is 3.09. The number of benzene rings is 1. The van der Waals surface area contributed by atoms with E-state index in [4.69, 9.17) is 5.73 Å². The Morgan fingerprint density at radius 2 is 1.94 bits per heavy atom. The second kappa shape index (κ2) is 4.83. The van der Waals surface area contributed by atoms with Gasteiger partial charge in [-0.3, -0.25) is 4.79 Å². The second-order valence-corrected chi connectivity index (χ2v) is 6.65. The lowest BCUT2D eigenvalue weighted by atomic mass is 9.95. The molecule has 2 rings (SSSR count). The molecule has 1 aromatic carbocycles. The van der Waals surface area contributed by atoms with Crippen LogP contribution in [0.2, 0.25) is 0 Å². The third-order valence-corrected chi connectivity index (χ3v) is 4.23. The third-order valence-electron chi connectivity index (χ3n) is 3.21. The Kier molecular flexibility index (Phi) is 3.59. The van der Waals surface area contributed by atoms with Gasteiger partial charge in [0.1, 0.15) is 0 Å². The van der Waals surface area contributed by atoms with Gasteiger partial charge in [-0.15, -0.1) is 11.8 Å². The van der Waals surface area contributed by atoms with Crippen LogP contribution < -0.4 is 5.73 Å². The summed E-state index contributed by atoms with van der Waals surface area (Å²) >= 11 is 1.81. The van der Waals surface area contributed by atoms with E-state index in [9.17, 15) is 4.79 Å². The molecule has 0 bridgehead atoms. The minimum absolute atomic E-state index is 0.223. The molecule has 1 fully saturated rings. The number of Topliss-reactive ketones (excluding diaryl/α,β-unsaturated/α-hetero) is 1. The molecule has 0 unspecified atom stereocenters. The maximum atomic E-state index is 12.2. The lowest BCUT2D eigenvalue weighted by Gasteiger charge is -2.11. The van der Waals surface area contributed by atoms with Crippen LogP contribution in [-0.4, -0.2) is 17.6 Å². The summed E-state index contributed by atoms with van der Waals surface area (Å²) in [5.41, 5.74) is 6.25. The maximum absolute atomic E-state index is 12.2. The van der Waals surface area contributed by atoms with Crippen LogP contribution in [0.15, 0.2) is 29.2 Å². The van der Waals surface area contributed by atoms with Crippen molar-refractivity contribution in [1.82, 2.24) is 0 Å². The number of carbonyl (C=O) groups excluding carboxylic acids is 1. The quantitative estimate of drug-likeness (QED) is 0.644. The van der Waals surface area contributed by atoms with E-state index < -0.39 is 0 Å². The zero-order valence-electron chi connectivity index (χ0n) is 10.4. The Balaban J connectivity index is 2.10. The largest absolute Gasteiger partial charge is 0.329 e. The maximum Gasteiger partial charge on any atom is 0.170 e. The summed E-state index contributed by atoms with van der Waals surface area (Å²) in [5.74, 6) is 0.223. The van der Waals surface area contributed by atoms with E-state index in [0.29, 0.717) is 11.8 Å². The van der Waals surface area contributed by atoms with E-state index in [1.807, 2.05) is 36.0 Å². The van der Waals surface area contributed by atoms with Crippen LogP contribution in [0.5, 0.6) is 0 Å². The number of rotatable bonds is 5. The Labute approximate surface area is 107 Å². The fourth-order valence-electron chi connectivity index (χ4n) is 1.94. The van der Waals surface area contributed by atoms with Gasteiger partial charge in [-0.25, -0.2) is 0 Å². The summed E-state index contributed by atoms with van der Waals surface area (Å²) in [6.07, 6.45) is 1.90. The van der Waals surface area contributed by atoms with Crippen molar-refractivity contribution in [2.24, 2.45) is 11.1 Å². The molecule has 0 heterocycles. The number of thioether (sulfide) groups is 1. The summed E-state index contributed by atoms with van der Waals surface area (Å²) in [6.45, 7) is 4.81. The van der Waals surface area contributed by atoms with Crippen molar-refractivity contribution in [2.75, 3.05) is 6.54 Å². The van der Waals surface area contributed by atoms with E-state index in [1.165, 1.54) is 4.90 Å². The molecule has 2 N–H and O–H groups in total. The molecule has 1 aliphatic rings. The van der Waals surface area contributed by atoms with E-state index in [2.05, 4.69) is 13.8 Å². The molecule has 92 valence electrons. The third kappa shape index (κ3) is 2.72. The Bertz CT molecular complexity index is 407. The summed E-state index contributed by atoms with van der Waals surface area (Å²) in [6, 6.07) is 7.93. The standard InChI is InChI=1S/C14H19NOS/c1-10(2)17-12-5-3-11(4-6-12)13(16)14(9-15)7-8-14/h3-6,10H,7-9,15H2,1-2H3. The van der Waals surface area contributed by atoms with Crippen molar-refractivity contribution in [2.45, 2.75) is 36.8 Å². The molecule has 17 heavy (non-hydrogen) atoms. The lowest BCUT2D eigenvalue weighted by molar-refractivity contribution is 0.0905. The normalized spacial score (nSPS) is 17.2. The minimum Gasteiger partial charge on any atom is -0.329 e. The fourth-order valence-corrected chi connectivity index (χ4v) is 2.78. The first-order valence-corrected chi connectivity index (χ1v) is 6.97. The average molecular weight is 249 g/mol. The summed E-state index contributed by atoms with van der Waals surface area (Å²) in [4.78, 5) is 13.4. The van der Waals surface area contributed by atoms with Crippen molar-refractivity contribution in [3.63, 3.8) is 0 Å². The summed E-state index contributed by atoms with van der Waals surface area (Å²) < 4.78 is 0. The van der Waals surface area contributed by atoms with Gasteiger partial charge in [0, 0.05) is 27.7 Å². The van der Waals surface area contributed by atoms with Crippen LogP contribution in [0.25, 0.3) is 0 Å². The van der Waals surface area contributed by atoms with Gasteiger partial charge in [0.25, 0.3) is 0 Å². The highest BCUT2D eigenvalue weighted by Gasteiger charge is 2.48. The predicted octanol–water partition coefficient (Wildman–Crippen LogP) is 3.11. The number of hydrogen-bond acceptors (Lipinski definition) is 3. The molecule has 0 aliphatic heterocycles. The molecule has 0 amide bonds. The topological polar surface area (TPSA) is 43.1 Å². The van der Waals surface area contributed by atoms with Crippen molar-refractivity contribution in [3.8, 4) is 0 Å². The van der Waals surface area contributed by atoms with E-state index in [-0.39, 0.29) is 11.2 Å². The Hall–Kier alpha value is -0.800. The molecule has 0 radical (unpaired) electrons. The van der Waals surface area contributed by atoms with Crippen LogP contribution in [0, 0.1) is 5.41 Å². The molecule has 3 heteroatoms. The molecule has 0 atom stereocenters. The van der Waals surface area contributed by atoms with Crippen molar-refractivity contribution < 1.29 is 4.79 Å². The van der Waals surface area contributed by atoms with Crippen LogP contribution in [0.3, 0.4) is 0 Å². The highest BCUT2D eigenvalue weighted by molar-refractivity contribution is 7.99. The van der Waals surface area contributed by atoms with Gasteiger partial charge >= 0.3 is 0 Å². The molecule has 0 saturated heterocycles. The lowest BCUT2D eigenvalue weighted by Crippen LogP contribution is -2.25. The van der Waals surface area contributed by atoms with Gasteiger partial charge in [-0.1, -0.05) is 26.0 Å². The Morgan fingerprint density at radius 3 is 2.35 bits per heavy atom. The van der Waals surface area contributed by atoms with Crippen molar-refractivity contribution in [3.05, 3.63) is 29.8 Å². The smallest absolute Gasteiger partial charge is 0.170 e. The second-order valence-electron chi connectivity index (χ2n) is 5.00. The highest BCUT2D eigenvalue weighted by Crippen LogP contribution is 2.47. The first-order chi connectivity index (χ1) is 8.07. The predicted molar refractivity (Wildman–Crippen MR) is 72.5 cm³/mol. The van der Waals surface area contributed by atoms with Gasteiger partial charge in [0.2, 0.25) is 0 Å². The van der Waals surface area contributed by atoms with Gasteiger partial charge in [0.15, 0.2) is 5.78 Å². The minimum atomic E-state index is -0.229. The number of hydrogen-bond donors (Lipinski definition) is 1. The van der Waals surface area contributed by atoms with Crippen LogP contribution in [0.4, 0.5) is 0 Å². The summed E-state index contributed by atoms with van der Waals surface area (Å²) in [5, 5.41) is 0.565. The SMILES string of the molecule is CC(C)Sc1ccc(C(=O)C2(CN)CC2)cc1. The number of ketones is 1. The molecular weight excluding hydrogens is 230 g/mol. The molecule has 0 spiro atoms. The van der Waals surface area contributed by atoms with Gasteiger partial charge < -0.3 is 5.73 Å². The monoisotopic (exact) mass is 249 g/mol. The molecular formula is C14H19NOS. The fraction of sp³-hybridized carbons (Fsp3) is 0.500. The van der Waals surface area contributed by atoms with Gasteiger partial charge in [-0.2, -0.15) is 0 Å². The van der Waals surface area contributed by atoms with Crippen molar-refractivity contribution in [1.29, 1.82) is 0 Å². The molecule has 1 saturated carbocycles. The molecule has 1 aliphatic carbocycles. The van der Waals surface area contributed by atoms with Crippen molar-refractivity contribution >= 4 is 17.5 Å². The molecule has 2 nitrogen and oxygen atoms in total. The first-order valence-electron chi connectivity index (χ1n) is 6.09. The van der Waals surface area contributed by atoms with E-state index in [1.54, 1.807) is 0 Å². The zero-order chi connectivity index (χ0) is 12.5.